The molecule has 0 spiro atoms. The predicted molar refractivity (Wildman–Crippen MR) is 65.4 cm³/mol. The molecule has 1 N–H and O–H groups in total. The molecule has 0 amide bonds. The molecule has 0 saturated carbocycles. The molecule has 2 rings (SSSR count). The highest BCUT2D eigenvalue weighted by Gasteiger charge is 2.14. The maximum atomic E-state index is 4.37. The van der Waals surface area contributed by atoms with Gasteiger partial charge in [0.1, 0.15) is 12.2 Å². The number of nitrogens with zero attached hydrogens (tertiary/aromatic N) is 4. The van der Waals surface area contributed by atoms with Crippen molar-refractivity contribution in [1.82, 2.24) is 25.1 Å². The molecule has 0 fully saturated rings. The van der Waals surface area contributed by atoms with E-state index in [1.807, 2.05) is 36.1 Å². The summed E-state index contributed by atoms with van der Waals surface area (Å²) < 4.78 is 1.91. The quantitative estimate of drug-likeness (QED) is 0.840. The van der Waals surface area contributed by atoms with Crippen molar-refractivity contribution in [2.45, 2.75) is 25.9 Å². The van der Waals surface area contributed by atoms with Gasteiger partial charge in [0.2, 0.25) is 0 Å². The van der Waals surface area contributed by atoms with Gasteiger partial charge in [-0.2, -0.15) is 5.10 Å². The van der Waals surface area contributed by atoms with E-state index >= 15 is 0 Å². The van der Waals surface area contributed by atoms with E-state index in [2.05, 4.69) is 27.3 Å². The van der Waals surface area contributed by atoms with Gasteiger partial charge < -0.3 is 5.32 Å². The van der Waals surface area contributed by atoms with Crippen molar-refractivity contribution in [3.8, 4) is 0 Å². The first-order valence-corrected chi connectivity index (χ1v) is 5.80. The minimum Gasteiger partial charge on any atom is -0.311 e. The van der Waals surface area contributed by atoms with Gasteiger partial charge in [-0.3, -0.25) is 9.67 Å². The number of aryl methyl sites for hydroxylation is 1. The summed E-state index contributed by atoms with van der Waals surface area (Å²) in [5.41, 5.74) is 1.03. The molecule has 1 unspecified atom stereocenters. The Hall–Kier alpha value is -1.75. The van der Waals surface area contributed by atoms with Gasteiger partial charge in [-0.15, -0.1) is 0 Å². The Labute approximate surface area is 101 Å². The van der Waals surface area contributed by atoms with Crippen molar-refractivity contribution in [2.24, 2.45) is 0 Å². The van der Waals surface area contributed by atoms with Crippen LogP contribution in [0.15, 0.2) is 30.7 Å². The van der Waals surface area contributed by atoms with E-state index in [9.17, 15) is 0 Å². The van der Waals surface area contributed by atoms with Crippen LogP contribution in [-0.2, 0) is 13.0 Å². The van der Waals surface area contributed by atoms with Gasteiger partial charge in [-0.05, 0) is 26.1 Å². The van der Waals surface area contributed by atoms with Gasteiger partial charge in [0.25, 0.3) is 0 Å². The van der Waals surface area contributed by atoms with Crippen molar-refractivity contribution in [3.63, 3.8) is 0 Å². The highest BCUT2D eigenvalue weighted by atomic mass is 15.3. The van der Waals surface area contributed by atoms with Crippen LogP contribution in [0.25, 0.3) is 0 Å². The average Bonchev–Trinajstić information content (AvgIpc) is 2.84. The highest BCUT2D eigenvalue weighted by Crippen LogP contribution is 2.14. The number of hydrogen-bond donors (Lipinski definition) is 1. The fraction of sp³-hybridized carbons (Fsp3) is 0.417. The van der Waals surface area contributed by atoms with Crippen molar-refractivity contribution in [3.05, 3.63) is 42.2 Å². The van der Waals surface area contributed by atoms with Crippen LogP contribution >= 0.6 is 0 Å². The van der Waals surface area contributed by atoms with Crippen LogP contribution in [0.3, 0.4) is 0 Å². The third kappa shape index (κ3) is 2.68. The molecule has 0 aliphatic rings. The molecule has 0 aliphatic carbocycles. The van der Waals surface area contributed by atoms with Crippen LogP contribution in [0, 0.1) is 0 Å². The fourth-order valence-corrected chi connectivity index (χ4v) is 1.83. The smallest absolute Gasteiger partial charge is 0.138 e. The Kier molecular flexibility index (Phi) is 3.82. The van der Waals surface area contributed by atoms with E-state index in [-0.39, 0.29) is 6.04 Å². The number of likely N-dealkylation sites (N-methyl/N-ethyl adjacent to an activating group) is 1. The molecular formula is C12H17N5. The lowest BCUT2D eigenvalue weighted by Gasteiger charge is -2.15. The molecule has 0 bridgehead atoms. The SMILES string of the molecule is CCn1ncnc1CC(NC)c1ccccn1. The largest absolute Gasteiger partial charge is 0.311 e. The van der Waals surface area contributed by atoms with E-state index in [0.29, 0.717) is 0 Å². The zero-order valence-electron chi connectivity index (χ0n) is 10.2. The molecule has 1 atom stereocenters. The fourth-order valence-electron chi connectivity index (χ4n) is 1.83. The minimum absolute atomic E-state index is 0.172. The maximum absolute atomic E-state index is 4.37. The van der Waals surface area contributed by atoms with Gasteiger partial charge in [0, 0.05) is 19.2 Å². The molecule has 90 valence electrons. The zero-order chi connectivity index (χ0) is 12.1. The normalized spacial score (nSPS) is 12.6. The Morgan fingerprint density at radius 2 is 2.24 bits per heavy atom. The van der Waals surface area contributed by atoms with Crippen molar-refractivity contribution in [2.75, 3.05) is 7.05 Å². The lowest BCUT2D eigenvalue weighted by atomic mass is 10.1. The summed E-state index contributed by atoms with van der Waals surface area (Å²) in [7, 11) is 1.94. The summed E-state index contributed by atoms with van der Waals surface area (Å²) in [4.78, 5) is 8.65. The Morgan fingerprint density at radius 3 is 2.88 bits per heavy atom. The zero-order valence-corrected chi connectivity index (χ0v) is 10.2. The molecule has 2 aromatic rings. The molecule has 0 radical (unpaired) electrons. The summed E-state index contributed by atoms with van der Waals surface area (Å²) in [6.45, 7) is 2.90. The van der Waals surface area contributed by atoms with Crippen LogP contribution in [0.2, 0.25) is 0 Å². The van der Waals surface area contributed by atoms with Gasteiger partial charge in [-0.1, -0.05) is 6.07 Å². The summed E-state index contributed by atoms with van der Waals surface area (Å²) in [5, 5.41) is 7.44. The van der Waals surface area contributed by atoms with Crippen LogP contribution in [0.4, 0.5) is 0 Å². The monoisotopic (exact) mass is 231 g/mol. The van der Waals surface area contributed by atoms with Gasteiger partial charge >= 0.3 is 0 Å². The first-order chi connectivity index (χ1) is 8.35. The standard InChI is InChI=1S/C12H17N5/c1-3-17-12(15-9-16-17)8-11(13-2)10-6-4-5-7-14-10/h4-7,9,11,13H,3,8H2,1-2H3. The summed E-state index contributed by atoms with van der Waals surface area (Å²) in [6.07, 6.45) is 4.20. The van der Waals surface area contributed by atoms with Crippen LogP contribution < -0.4 is 5.32 Å². The molecule has 0 aliphatic heterocycles. The number of nitrogens with one attached hydrogen (secondary N) is 1. The Balaban J connectivity index is 2.16. The van der Waals surface area contributed by atoms with Crippen LogP contribution in [-0.4, -0.2) is 26.8 Å². The lowest BCUT2D eigenvalue weighted by molar-refractivity contribution is 0.524. The summed E-state index contributed by atoms with van der Waals surface area (Å²) >= 11 is 0. The lowest BCUT2D eigenvalue weighted by Crippen LogP contribution is -2.22. The average molecular weight is 231 g/mol. The second kappa shape index (κ2) is 5.54. The number of rotatable bonds is 5. The Morgan fingerprint density at radius 1 is 1.35 bits per heavy atom. The number of hydrogen-bond acceptors (Lipinski definition) is 4. The van der Waals surface area contributed by atoms with Crippen molar-refractivity contribution >= 4 is 0 Å². The van der Waals surface area contributed by atoms with Crippen molar-refractivity contribution < 1.29 is 0 Å². The van der Waals surface area contributed by atoms with Gasteiger partial charge in [-0.25, -0.2) is 4.98 Å². The number of aromatic nitrogens is 4. The summed E-state index contributed by atoms with van der Waals surface area (Å²) in [5.74, 6) is 0.984. The molecule has 0 aromatic carbocycles. The molecule has 2 heterocycles. The van der Waals surface area contributed by atoms with E-state index in [1.165, 1.54) is 0 Å². The van der Waals surface area contributed by atoms with Gasteiger partial charge in [0.15, 0.2) is 0 Å². The second-order valence-electron chi connectivity index (χ2n) is 3.79. The Bertz CT molecular complexity index is 451. The molecule has 5 heteroatoms. The van der Waals surface area contributed by atoms with Gasteiger partial charge in [0.05, 0.1) is 11.7 Å². The summed E-state index contributed by atoms with van der Waals surface area (Å²) in [6, 6.07) is 6.11. The minimum atomic E-state index is 0.172. The van der Waals surface area contributed by atoms with Crippen LogP contribution in [0.1, 0.15) is 24.5 Å². The van der Waals surface area contributed by atoms with E-state index in [4.69, 9.17) is 0 Å². The van der Waals surface area contributed by atoms with Crippen LogP contribution in [0.5, 0.6) is 0 Å². The van der Waals surface area contributed by atoms with E-state index in [0.717, 1.165) is 24.5 Å². The molecule has 0 saturated heterocycles. The van der Waals surface area contributed by atoms with Crippen molar-refractivity contribution in [1.29, 1.82) is 0 Å². The third-order valence-corrected chi connectivity index (χ3v) is 2.78. The second-order valence-corrected chi connectivity index (χ2v) is 3.79. The number of pyridine rings is 1. The molecule has 2 aromatic heterocycles. The highest BCUT2D eigenvalue weighted by molar-refractivity contribution is 5.10. The molecule has 5 nitrogen and oxygen atoms in total. The maximum Gasteiger partial charge on any atom is 0.138 e. The predicted octanol–water partition coefficient (Wildman–Crippen LogP) is 1.20. The molecule has 17 heavy (non-hydrogen) atoms. The molecular weight excluding hydrogens is 214 g/mol. The third-order valence-electron chi connectivity index (χ3n) is 2.78. The first kappa shape index (κ1) is 11.7. The topological polar surface area (TPSA) is 55.6 Å². The van der Waals surface area contributed by atoms with E-state index in [1.54, 1.807) is 6.33 Å². The van der Waals surface area contributed by atoms with E-state index < -0.39 is 0 Å². The first-order valence-electron chi connectivity index (χ1n) is 5.80.